The summed E-state index contributed by atoms with van der Waals surface area (Å²) in [5.74, 6) is 0.127. The average molecular weight is 467 g/mol. The molecule has 1 aliphatic heterocycles. The molecule has 1 aliphatic rings. The number of hydrogen-bond acceptors (Lipinski definition) is 4. The van der Waals surface area contributed by atoms with E-state index in [2.05, 4.69) is 41.9 Å². The van der Waals surface area contributed by atoms with Crippen LogP contribution in [0.1, 0.15) is 18.5 Å². The van der Waals surface area contributed by atoms with Crippen molar-refractivity contribution in [2.45, 2.75) is 13.0 Å². The lowest BCUT2D eigenvalue weighted by Crippen LogP contribution is -2.31. The van der Waals surface area contributed by atoms with Crippen molar-refractivity contribution in [1.82, 2.24) is 20.0 Å². The maximum Gasteiger partial charge on any atom is 0.255 e. The van der Waals surface area contributed by atoms with Crippen molar-refractivity contribution in [3.8, 4) is 0 Å². The Kier molecular flexibility index (Phi) is 4.39. The molecule has 0 radical (unpaired) electrons. The van der Waals surface area contributed by atoms with Crippen LogP contribution in [0.3, 0.4) is 0 Å². The van der Waals surface area contributed by atoms with E-state index in [9.17, 15) is 9.18 Å². The molecule has 5 rings (SSSR count). The molecular weight excluding hydrogens is 451 g/mol. The quantitative estimate of drug-likeness (QED) is 0.412. The van der Waals surface area contributed by atoms with Crippen LogP contribution in [0.15, 0.2) is 70.6 Å². The first-order valence-corrected chi connectivity index (χ1v) is 10.0. The number of nitrogens with zero attached hydrogens (tertiary/aromatic N) is 3. The number of H-pyrrole nitrogens is 1. The van der Waals surface area contributed by atoms with Crippen molar-refractivity contribution >= 4 is 44.2 Å². The molecule has 0 spiro atoms. The van der Waals surface area contributed by atoms with Crippen molar-refractivity contribution in [2.24, 2.45) is 0 Å². The Labute approximate surface area is 179 Å². The predicted molar refractivity (Wildman–Crippen MR) is 116 cm³/mol. The third-order valence-corrected chi connectivity index (χ3v) is 5.69. The highest BCUT2D eigenvalue weighted by atomic mass is 79.9. The summed E-state index contributed by atoms with van der Waals surface area (Å²) < 4.78 is 16.0. The Balaban J connectivity index is 1.56. The first-order valence-electron chi connectivity index (χ1n) is 9.22. The van der Waals surface area contributed by atoms with Gasteiger partial charge in [0.2, 0.25) is 0 Å². The van der Waals surface area contributed by atoms with Gasteiger partial charge in [-0.25, -0.2) is 9.07 Å². The highest BCUT2D eigenvalue weighted by Gasteiger charge is 2.33. The zero-order valence-electron chi connectivity index (χ0n) is 15.8. The Morgan fingerprint density at radius 1 is 1.20 bits per heavy atom. The van der Waals surface area contributed by atoms with E-state index in [1.165, 1.54) is 12.1 Å². The van der Waals surface area contributed by atoms with Gasteiger partial charge in [-0.15, -0.1) is 0 Å². The van der Waals surface area contributed by atoms with Gasteiger partial charge in [0, 0.05) is 16.8 Å². The monoisotopic (exact) mass is 466 g/mol. The van der Waals surface area contributed by atoms with Crippen LogP contribution in [0, 0.1) is 5.82 Å². The molecule has 0 bridgehead atoms. The maximum absolute atomic E-state index is 13.5. The summed E-state index contributed by atoms with van der Waals surface area (Å²) >= 11 is 3.48. The highest BCUT2D eigenvalue weighted by molar-refractivity contribution is 9.10. The molecule has 2 aromatic carbocycles. The van der Waals surface area contributed by atoms with Crippen LogP contribution >= 0.6 is 15.9 Å². The molecule has 1 amide bonds. The number of allylic oxidation sites excluding steroid dienone is 1. The predicted octanol–water partition coefficient (Wildman–Crippen LogP) is 4.59. The number of rotatable bonds is 3. The van der Waals surface area contributed by atoms with Gasteiger partial charge in [0.25, 0.3) is 5.91 Å². The van der Waals surface area contributed by atoms with E-state index in [-0.39, 0.29) is 11.7 Å². The summed E-state index contributed by atoms with van der Waals surface area (Å²) in [4.78, 5) is 13.4. The van der Waals surface area contributed by atoms with E-state index >= 15 is 0 Å². The zero-order valence-corrected chi connectivity index (χ0v) is 17.4. The highest BCUT2D eigenvalue weighted by Crippen LogP contribution is 2.39. The minimum atomic E-state index is -0.509. The number of amides is 1. The zero-order chi connectivity index (χ0) is 20.8. The second-order valence-electron chi connectivity index (χ2n) is 7.03. The lowest BCUT2D eigenvalue weighted by molar-refractivity contribution is -0.113. The number of aromatic amines is 1. The lowest BCUT2D eigenvalue weighted by Gasteiger charge is -2.30. The average Bonchev–Trinajstić information content (AvgIpc) is 3.34. The molecule has 3 N–H and O–H groups in total. The molecule has 9 heteroatoms. The van der Waals surface area contributed by atoms with Gasteiger partial charge >= 0.3 is 0 Å². The number of anilines is 2. The summed E-state index contributed by atoms with van der Waals surface area (Å²) in [5.41, 5.74) is 3.49. The molecule has 7 nitrogen and oxygen atoms in total. The molecular formula is C21H16BrFN6O. The van der Waals surface area contributed by atoms with Crippen molar-refractivity contribution in [3.05, 3.63) is 82.0 Å². The van der Waals surface area contributed by atoms with Gasteiger partial charge in [0.05, 0.1) is 28.0 Å². The maximum atomic E-state index is 13.5. The van der Waals surface area contributed by atoms with Crippen LogP contribution < -0.4 is 10.6 Å². The van der Waals surface area contributed by atoms with E-state index in [0.717, 1.165) is 26.8 Å². The third kappa shape index (κ3) is 3.07. The van der Waals surface area contributed by atoms with Crippen molar-refractivity contribution in [1.29, 1.82) is 0 Å². The van der Waals surface area contributed by atoms with Crippen LogP contribution in [0.25, 0.3) is 10.9 Å². The second kappa shape index (κ2) is 7.10. The number of benzene rings is 2. The van der Waals surface area contributed by atoms with Gasteiger partial charge in [0.1, 0.15) is 17.7 Å². The van der Waals surface area contributed by atoms with Gasteiger partial charge in [-0.1, -0.05) is 12.1 Å². The fraction of sp³-hybridized carbons (Fsp3) is 0.0952. The van der Waals surface area contributed by atoms with E-state index in [1.54, 1.807) is 29.2 Å². The fourth-order valence-electron chi connectivity index (χ4n) is 3.69. The molecule has 30 heavy (non-hydrogen) atoms. The number of fused-ring (bicyclic) bond motifs is 2. The largest absolute Gasteiger partial charge is 0.343 e. The van der Waals surface area contributed by atoms with Gasteiger partial charge < -0.3 is 10.6 Å². The Hall–Kier alpha value is -3.46. The topological polar surface area (TPSA) is 87.6 Å². The SMILES string of the molecule is CC1=C(C(=O)Nc2ccc3[nH]ncc3c2)C(c2ccc(F)cc2)n2ncc(Br)c2N1. The Morgan fingerprint density at radius 3 is 2.80 bits per heavy atom. The van der Waals surface area contributed by atoms with Gasteiger partial charge in [-0.05, 0) is 58.7 Å². The second-order valence-corrected chi connectivity index (χ2v) is 7.88. The van der Waals surface area contributed by atoms with E-state index in [0.29, 0.717) is 17.0 Å². The number of aromatic nitrogens is 4. The number of hydrogen-bond donors (Lipinski definition) is 3. The normalized spacial score (nSPS) is 15.8. The molecule has 0 fully saturated rings. The minimum absolute atomic E-state index is 0.269. The number of nitrogens with one attached hydrogen (secondary N) is 3. The molecule has 1 unspecified atom stereocenters. The molecule has 4 aromatic rings. The van der Waals surface area contributed by atoms with Crippen LogP contribution in [-0.2, 0) is 4.79 Å². The van der Waals surface area contributed by atoms with Crippen LogP contribution in [0.2, 0.25) is 0 Å². The van der Waals surface area contributed by atoms with Crippen LogP contribution in [-0.4, -0.2) is 25.9 Å². The molecule has 1 atom stereocenters. The summed E-state index contributed by atoms with van der Waals surface area (Å²) in [5, 5.41) is 18.4. The van der Waals surface area contributed by atoms with Gasteiger partial charge in [-0.3, -0.25) is 9.89 Å². The number of halogens is 2. The third-order valence-electron chi connectivity index (χ3n) is 5.11. The van der Waals surface area contributed by atoms with E-state index in [1.807, 2.05) is 25.1 Å². The lowest BCUT2D eigenvalue weighted by atomic mass is 9.94. The molecule has 3 heterocycles. The van der Waals surface area contributed by atoms with Crippen molar-refractivity contribution in [2.75, 3.05) is 10.6 Å². The van der Waals surface area contributed by atoms with E-state index < -0.39 is 6.04 Å². The number of carbonyl (C=O) groups is 1. The molecule has 0 saturated carbocycles. The summed E-state index contributed by atoms with van der Waals surface area (Å²) in [6.07, 6.45) is 3.37. The van der Waals surface area contributed by atoms with Crippen LogP contribution in [0.5, 0.6) is 0 Å². The van der Waals surface area contributed by atoms with Crippen LogP contribution in [0.4, 0.5) is 15.9 Å². The first-order chi connectivity index (χ1) is 14.5. The van der Waals surface area contributed by atoms with Crippen molar-refractivity contribution in [3.63, 3.8) is 0 Å². The summed E-state index contributed by atoms with van der Waals surface area (Å²) in [6, 6.07) is 11.1. The van der Waals surface area contributed by atoms with E-state index in [4.69, 9.17) is 0 Å². The Morgan fingerprint density at radius 2 is 2.00 bits per heavy atom. The van der Waals surface area contributed by atoms with Gasteiger partial charge in [0.15, 0.2) is 0 Å². The molecule has 0 aliphatic carbocycles. The molecule has 0 saturated heterocycles. The summed E-state index contributed by atoms with van der Waals surface area (Å²) in [7, 11) is 0. The minimum Gasteiger partial charge on any atom is -0.343 e. The standard InChI is InChI=1S/C21H16BrFN6O/c1-11-18(21(30)27-15-6-7-17-13(8-15)9-24-28-17)19(12-2-4-14(23)5-3-12)29-20(26-11)16(22)10-25-29/h2-10,19,26H,1H3,(H,24,28)(H,27,30). The summed E-state index contributed by atoms with van der Waals surface area (Å²) in [6.45, 7) is 1.84. The smallest absolute Gasteiger partial charge is 0.255 e. The number of carbonyl (C=O) groups excluding carboxylic acids is 1. The molecule has 2 aromatic heterocycles. The fourth-order valence-corrected chi connectivity index (χ4v) is 4.06. The van der Waals surface area contributed by atoms with Crippen molar-refractivity contribution < 1.29 is 9.18 Å². The van der Waals surface area contributed by atoms with Gasteiger partial charge in [-0.2, -0.15) is 10.2 Å². The molecule has 150 valence electrons. The first kappa shape index (κ1) is 18.6. The Bertz CT molecular complexity index is 1310.